The van der Waals surface area contributed by atoms with Crippen LogP contribution in [0.3, 0.4) is 0 Å². The van der Waals surface area contributed by atoms with Crippen LogP contribution in [0.5, 0.6) is 0 Å². The van der Waals surface area contributed by atoms with Gasteiger partial charge in [0.15, 0.2) is 11.9 Å². The van der Waals surface area contributed by atoms with Crippen molar-refractivity contribution in [2.24, 2.45) is 23.7 Å². The predicted molar refractivity (Wildman–Crippen MR) is 163 cm³/mol. The quantitative estimate of drug-likeness (QED) is 0.165. The first-order chi connectivity index (χ1) is 22.1. The Balaban J connectivity index is 0.874. The molecule has 0 amide bonds. The number of ether oxygens (including phenoxy) is 4. The molecule has 12 nitrogen and oxygen atoms in total. The van der Waals surface area contributed by atoms with Gasteiger partial charge in [-0.1, -0.05) is 30.7 Å². The molecule has 246 valence electrons. The molecule has 0 radical (unpaired) electrons. The molecule has 46 heavy (non-hydrogen) atoms. The number of hydrogen-bond acceptors (Lipinski definition) is 11. The standard InChI is InChI=1S/C33H39ClN4O8/c1-19-6-9-25-20(2)30(43-31-33(25)24(19)12-14-32(3,44-31)45-46-33)42-29(40)11-10-28(39)41-16-4-5-22-18-38(37-36-22)27-13-15-35-26-17-21(34)7-8-23(26)27/h7-8,13,15,17-20,24-25,30-31H,4-6,9-12,14,16H2,1-3H3/t19-,20-,24+,25+,30-,31-,32+,33-/m1/s1. The Hall–Kier alpha value is -3.16. The van der Waals surface area contributed by atoms with Gasteiger partial charge in [-0.3, -0.25) is 14.6 Å². The van der Waals surface area contributed by atoms with Crippen molar-refractivity contribution >= 4 is 34.4 Å². The number of halogens is 1. The second kappa shape index (κ2) is 12.5. The summed E-state index contributed by atoms with van der Waals surface area (Å²) in [5.41, 5.74) is 1.64. The van der Waals surface area contributed by atoms with Crippen molar-refractivity contribution in [3.8, 4) is 5.69 Å². The lowest BCUT2D eigenvalue weighted by Crippen LogP contribution is -2.70. The summed E-state index contributed by atoms with van der Waals surface area (Å²) < 4.78 is 25.5. The van der Waals surface area contributed by atoms with Gasteiger partial charge in [-0.05, 0) is 75.1 Å². The molecule has 5 aliphatic rings. The summed E-state index contributed by atoms with van der Waals surface area (Å²) in [5.74, 6) is -1.32. The molecule has 8 rings (SSSR count). The number of esters is 2. The van der Waals surface area contributed by atoms with Crippen LogP contribution in [0.15, 0.2) is 36.7 Å². The normalized spacial score (nSPS) is 33.3. The lowest BCUT2D eigenvalue weighted by molar-refractivity contribution is -0.576. The Morgan fingerprint density at radius 3 is 2.80 bits per heavy atom. The van der Waals surface area contributed by atoms with E-state index in [4.69, 9.17) is 40.3 Å². The Morgan fingerprint density at radius 2 is 1.93 bits per heavy atom. The summed E-state index contributed by atoms with van der Waals surface area (Å²) in [7, 11) is 0. The summed E-state index contributed by atoms with van der Waals surface area (Å²) in [6.07, 6.45) is 6.56. The molecule has 4 saturated heterocycles. The minimum Gasteiger partial charge on any atom is -0.466 e. The van der Waals surface area contributed by atoms with Gasteiger partial charge < -0.3 is 18.9 Å². The van der Waals surface area contributed by atoms with Crippen LogP contribution in [0.25, 0.3) is 16.6 Å². The van der Waals surface area contributed by atoms with Crippen LogP contribution in [0.2, 0.25) is 5.02 Å². The zero-order valence-corrected chi connectivity index (χ0v) is 27.0. The Bertz CT molecular complexity index is 1620. The maximum Gasteiger partial charge on any atom is 0.308 e. The summed E-state index contributed by atoms with van der Waals surface area (Å²) in [6, 6.07) is 7.38. The average molecular weight is 655 g/mol. The van der Waals surface area contributed by atoms with Crippen molar-refractivity contribution in [3.63, 3.8) is 0 Å². The van der Waals surface area contributed by atoms with Crippen LogP contribution >= 0.6 is 11.6 Å². The lowest BCUT2D eigenvalue weighted by Gasteiger charge is -2.59. The zero-order chi connectivity index (χ0) is 32.1. The molecule has 1 aromatic carbocycles. The molecular formula is C33H39ClN4O8. The van der Waals surface area contributed by atoms with Crippen LogP contribution in [-0.4, -0.2) is 62.5 Å². The van der Waals surface area contributed by atoms with Crippen molar-refractivity contribution in [1.82, 2.24) is 20.0 Å². The van der Waals surface area contributed by atoms with Crippen molar-refractivity contribution in [2.45, 2.75) is 96.1 Å². The van der Waals surface area contributed by atoms with Crippen molar-refractivity contribution in [3.05, 3.63) is 47.4 Å². The van der Waals surface area contributed by atoms with Crippen LogP contribution in [0.1, 0.15) is 71.4 Å². The maximum absolute atomic E-state index is 12.8. The first-order valence-electron chi connectivity index (χ1n) is 16.2. The monoisotopic (exact) mass is 654 g/mol. The number of aromatic nitrogens is 4. The Kier molecular flexibility index (Phi) is 8.52. The highest BCUT2D eigenvalue weighted by atomic mass is 35.5. The minimum atomic E-state index is -0.906. The fourth-order valence-electron chi connectivity index (χ4n) is 7.75. The van der Waals surface area contributed by atoms with Crippen LogP contribution in [-0.2, 0) is 44.7 Å². The molecule has 1 saturated carbocycles. The third-order valence-corrected chi connectivity index (χ3v) is 10.4. The van der Waals surface area contributed by atoms with Gasteiger partial charge >= 0.3 is 11.9 Å². The Morgan fingerprint density at radius 1 is 1.09 bits per heavy atom. The maximum atomic E-state index is 12.8. The molecule has 6 heterocycles. The molecule has 13 heteroatoms. The van der Waals surface area contributed by atoms with E-state index in [-0.39, 0.29) is 37.2 Å². The van der Waals surface area contributed by atoms with Gasteiger partial charge in [0, 0.05) is 34.9 Å². The predicted octanol–water partition coefficient (Wildman–Crippen LogP) is 5.48. The SMILES string of the molecule is C[C@H]1[C@H](OC(=O)CCC(=O)OCCCc2cn(-c3ccnc4cc(Cl)ccc34)nn2)O[C@@H]2O[C@]3(C)CC[C@H]4[C@H](C)CC[C@@H]1[C@@]24OO3. The zero-order valence-electron chi connectivity index (χ0n) is 26.2. The molecule has 1 aliphatic carbocycles. The highest BCUT2D eigenvalue weighted by Gasteiger charge is 2.69. The third kappa shape index (κ3) is 5.79. The van der Waals surface area contributed by atoms with E-state index in [1.165, 1.54) is 0 Å². The van der Waals surface area contributed by atoms with Gasteiger partial charge in [0.05, 0.1) is 42.5 Å². The fourth-order valence-corrected chi connectivity index (χ4v) is 7.91. The van der Waals surface area contributed by atoms with E-state index >= 15 is 0 Å². The molecular weight excluding hydrogens is 616 g/mol. The topological polar surface area (TPSA) is 133 Å². The second-order valence-corrected chi connectivity index (χ2v) is 13.7. The highest BCUT2D eigenvalue weighted by Crippen LogP contribution is 2.60. The molecule has 5 fully saturated rings. The van der Waals surface area contributed by atoms with E-state index in [1.54, 1.807) is 16.9 Å². The van der Waals surface area contributed by atoms with E-state index in [1.807, 2.05) is 38.2 Å². The number of carbonyl (C=O) groups is 2. The number of benzene rings is 1. The lowest BCUT2D eigenvalue weighted by atomic mass is 9.58. The summed E-state index contributed by atoms with van der Waals surface area (Å²) >= 11 is 6.10. The number of nitrogens with zero attached hydrogens (tertiary/aromatic N) is 4. The largest absolute Gasteiger partial charge is 0.466 e. The third-order valence-electron chi connectivity index (χ3n) is 10.2. The molecule has 3 aromatic rings. The van der Waals surface area contributed by atoms with Crippen LogP contribution < -0.4 is 0 Å². The number of carbonyl (C=O) groups excluding carboxylic acids is 2. The summed E-state index contributed by atoms with van der Waals surface area (Å²) in [5, 5.41) is 10.0. The summed E-state index contributed by atoms with van der Waals surface area (Å²) in [4.78, 5) is 41.6. The average Bonchev–Trinajstić information content (AvgIpc) is 3.39. The van der Waals surface area contributed by atoms with E-state index in [0.29, 0.717) is 30.2 Å². The smallest absolute Gasteiger partial charge is 0.308 e. The molecule has 1 spiro atoms. The van der Waals surface area contributed by atoms with Gasteiger partial charge in [-0.2, -0.15) is 0 Å². The van der Waals surface area contributed by atoms with Gasteiger partial charge in [-0.15, -0.1) is 5.10 Å². The van der Waals surface area contributed by atoms with Crippen molar-refractivity contribution in [1.29, 1.82) is 0 Å². The molecule has 2 aromatic heterocycles. The molecule has 2 bridgehead atoms. The fraction of sp³-hybridized carbons (Fsp3) is 0.606. The number of fused-ring (bicyclic) bond motifs is 3. The Labute approximate surface area is 271 Å². The van der Waals surface area contributed by atoms with E-state index in [0.717, 1.165) is 41.5 Å². The van der Waals surface area contributed by atoms with Crippen LogP contribution in [0.4, 0.5) is 0 Å². The van der Waals surface area contributed by atoms with Gasteiger partial charge in [0.25, 0.3) is 0 Å². The number of rotatable bonds is 9. The van der Waals surface area contributed by atoms with Crippen LogP contribution in [0, 0.1) is 23.7 Å². The van der Waals surface area contributed by atoms with Gasteiger partial charge in [-0.25, -0.2) is 14.5 Å². The first-order valence-corrected chi connectivity index (χ1v) is 16.5. The van der Waals surface area contributed by atoms with E-state index < -0.39 is 35.9 Å². The number of hydrogen-bond donors (Lipinski definition) is 0. The molecule has 8 atom stereocenters. The van der Waals surface area contributed by atoms with E-state index in [9.17, 15) is 9.59 Å². The molecule has 0 N–H and O–H groups in total. The van der Waals surface area contributed by atoms with E-state index in [2.05, 4.69) is 22.2 Å². The van der Waals surface area contributed by atoms with Crippen molar-refractivity contribution in [2.75, 3.05) is 6.61 Å². The number of aryl methyl sites for hydroxylation is 1. The molecule has 4 aliphatic heterocycles. The van der Waals surface area contributed by atoms with Gasteiger partial charge in [0.1, 0.15) is 0 Å². The number of pyridine rings is 1. The van der Waals surface area contributed by atoms with Gasteiger partial charge in [0.2, 0.25) is 12.1 Å². The highest BCUT2D eigenvalue weighted by molar-refractivity contribution is 6.31. The summed E-state index contributed by atoms with van der Waals surface area (Å²) in [6.45, 7) is 6.32. The minimum absolute atomic E-state index is 0.0441. The van der Waals surface area contributed by atoms with Crippen molar-refractivity contribution < 1.29 is 38.3 Å². The second-order valence-electron chi connectivity index (χ2n) is 13.2. The molecule has 0 unspecified atom stereocenters. The first kappa shape index (κ1) is 31.4.